The molecule has 1 aromatic heterocycles. The highest BCUT2D eigenvalue weighted by Crippen LogP contribution is 2.10. The SMILES string of the molecule is CCC(C)(C)NC(=O)c1ncccc1C#CCN. The van der Waals surface area contributed by atoms with Crippen molar-refractivity contribution < 1.29 is 4.79 Å². The molecule has 0 aliphatic heterocycles. The minimum absolute atomic E-state index is 0.205. The van der Waals surface area contributed by atoms with Gasteiger partial charge < -0.3 is 11.1 Å². The third-order valence-corrected chi connectivity index (χ3v) is 2.68. The lowest BCUT2D eigenvalue weighted by atomic mass is 10.0. The van der Waals surface area contributed by atoms with Gasteiger partial charge in [-0.2, -0.15) is 0 Å². The van der Waals surface area contributed by atoms with Gasteiger partial charge in [0.05, 0.1) is 12.1 Å². The normalized spacial score (nSPS) is 10.4. The van der Waals surface area contributed by atoms with E-state index < -0.39 is 0 Å². The molecule has 3 N–H and O–H groups in total. The first-order valence-electron chi connectivity index (χ1n) is 5.96. The maximum Gasteiger partial charge on any atom is 0.271 e. The molecule has 4 nitrogen and oxygen atoms in total. The quantitative estimate of drug-likeness (QED) is 0.789. The molecule has 1 aromatic rings. The molecule has 0 atom stereocenters. The maximum absolute atomic E-state index is 12.1. The number of nitrogens with two attached hydrogens (primary N) is 1. The molecular formula is C14H19N3O. The highest BCUT2D eigenvalue weighted by molar-refractivity contribution is 5.95. The van der Waals surface area contributed by atoms with Crippen molar-refractivity contribution in [1.29, 1.82) is 0 Å². The van der Waals surface area contributed by atoms with Crippen LogP contribution in [0.4, 0.5) is 0 Å². The number of aromatic nitrogens is 1. The van der Waals surface area contributed by atoms with E-state index in [-0.39, 0.29) is 18.0 Å². The van der Waals surface area contributed by atoms with Crippen LogP contribution >= 0.6 is 0 Å². The largest absolute Gasteiger partial charge is 0.346 e. The first-order valence-corrected chi connectivity index (χ1v) is 5.96. The molecule has 1 amide bonds. The first kappa shape index (κ1) is 14.2. The van der Waals surface area contributed by atoms with E-state index >= 15 is 0 Å². The van der Waals surface area contributed by atoms with Gasteiger partial charge in [0.15, 0.2) is 0 Å². The van der Waals surface area contributed by atoms with Crippen LogP contribution in [0, 0.1) is 11.8 Å². The smallest absolute Gasteiger partial charge is 0.271 e. The van der Waals surface area contributed by atoms with Crippen LogP contribution in [0.3, 0.4) is 0 Å². The Morgan fingerprint density at radius 1 is 1.56 bits per heavy atom. The van der Waals surface area contributed by atoms with Crippen LogP contribution in [0.2, 0.25) is 0 Å². The third kappa shape index (κ3) is 3.86. The van der Waals surface area contributed by atoms with Gasteiger partial charge in [0.25, 0.3) is 5.91 Å². The standard InChI is InChI=1S/C14H19N3O/c1-4-14(2,3)17-13(18)12-11(7-5-9-15)8-6-10-16-12/h6,8,10H,4,9,15H2,1-3H3,(H,17,18). The zero-order chi connectivity index (χ0) is 13.6. The zero-order valence-corrected chi connectivity index (χ0v) is 11.1. The fourth-order valence-corrected chi connectivity index (χ4v) is 1.29. The van der Waals surface area contributed by atoms with Gasteiger partial charge in [-0.1, -0.05) is 18.8 Å². The number of carbonyl (C=O) groups excluding carboxylic acids is 1. The zero-order valence-electron chi connectivity index (χ0n) is 11.1. The molecule has 0 saturated carbocycles. The average Bonchev–Trinajstić information content (AvgIpc) is 2.36. The Hall–Kier alpha value is -1.86. The summed E-state index contributed by atoms with van der Waals surface area (Å²) in [5.74, 6) is 5.39. The second-order valence-corrected chi connectivity index (χ2v) is 4.60. The minimum atomic E-state index is -0.257. The molecule has 0 fully saturated rings. The van der Waals surface area contributed by atoms with Crippen molar-refractivity contribution in [2.24, 2.45) is 5.73 Å². The molecule has 96 valence electrons. The first-order chi connectivity index (χ1) is 8.50. The summed E-state index contributed by atoms with van der Waals surface area (Å²) in [5.41, 5.74) is 6.03. The summed E-state index contributed by atoms with van der Waals surface area (Å²) in [6, 6.07) is 3.52. The van der Waals surface area contributed by atoms with E-state index in [0.29, 0.717) is 11.3 Å². The lowest BCUT2D eigenvalue weighted by molar-refractivity contribution is 0.0906. The molecule has 0 spiro atoms. The van der Waals surface area contributed by atoms with Gasteiger partial charge >= 0.3 is 0 Å². The highest BCUT2D eigenvalue weighted by Gasteiger charge is 2.20. The minimum Gasteiger partial charge on any atom is -0.346 e. The summed E-state index contributed by atoms with van der Waals surface area (Å²) in [7, 11) is 0. The van der Waals surface area contributed by atoms with E-state index in [1.807, 2.05) is 20.8 Å². The second-order valence-electron chi connectivity index (χ2n) is 4.60. The number of hydrogen-bond acceptors (Lipinski definition) is 3. The van der Waals surface area contributed by atoms with E-state index in [2.05, 4.69) is 22.1 Å². The molecule has 0 unspecified atom stereocenters. The van der Waals surface area contributed by atoms with Crippen molar-refractivity contribution >= 4 is 5.91 Å². The molecule has 0 saturated heterocycles. The average molecular weight is 245 g/mol. The molecule has 0 radical (unpaired) electrons. The number of amides is 1. The van der Waals surface area contributed by atoms with Gasteiger partial charge in [0, 0.05) is 11.7 Å². The molecule has 0 aromatic carbocycles. The lowest BCUT2D eigenvalue weighted by Crippen LogP contribution is -2.43. The number of nitrogens with one attached hydrogen (secondary N) is 1. The van der Waals surface area contributed by atoms with Crippen LogP contribution in [0.1, 0.15) is 43.2 Å². The third-order valence-electron chi connectivity index (χ3n) is 2.68. The Bertz CT molecular complexity index is 483. The Kier molecular flexibility index (Phi) is 4.87. The number of pyridine rings is 1. The van der Waals surface area contributed by atoms with E-state index in [4.69, 9.17) is 5.73 Å². The number of carbonyl (C=O) groups is 1. The summed E-state index contributed by atoms with van der Waals surface area (Å²) in [6.45, 7) is 6.22. The Morgan fingerprint density at radius 2 is 2.28 bits per heavy atom. The van der Waals surface area contributed by atoms with Gasteiger partial charge in [-0.3, -0.25) is 4.79 Å². The van der Waals surface area contributed by atoms with Crippen LogP contribution in [0.15, 0.2) is 18.3 Å². The summed E-state index contributed by atoms with van der Waals surface area (Å²) in [4.78, 5) is 16.2. The van der Waals surface area contributed by atoms with Crippen molar-refractivity contribution in [3.63, 3.8) is 0 Å². The molecule has 0 bridgehead atoms. The van der Waals surface area contributed by atoms with Crippen LogP contribution in [0.5, 0.6) is 0 Å². The van der Waals surface area contributed by atoms with Crippen molar-refractivity contribution in [3.05, 3.63) is 29.6 Å². The van der Waals surface area contributed by atoms with Gasteiger partial charge in [0.1, 0.15) is 5.69 Å². The van der Waals surface area contributed by atoms with E-state index in [9.17, 15) is 4.79 Å². The Balaban J connectivity index is 2.99. The highest BCUT2D eigenvalue weighted by atomic mass is 16.2. The second kappa shape index (κ2) is 6.18. The summed E-state index contributed by atoms with van der Waals surface area (Å²) in [6.07, 6.45) is 2.43. The van der Waals surface area contributed by atoms with E-state index in [1.54, 1.807) is 18.3 Å². The summed E-state index contributed by atoms with van der Waals surface area (Å²) in [5, 5.41) is 2.94. The molecule has 18 heavy (non-hydrogen) atoms. The lowest BCUT2D eigenvalue weighted by Gasteiger charge is -2.24. The molecule has 4 heteroatoms. The topological polar surface area (TPSA) is 68.0 Å². The van der Waals surface area contributed by atoms with Crippen molar-refractivity contribution in [2.45, 2.75) is 32.7 Å². The monoisotopic (exact) mass is 245 g/mol. The predicted octanol–water partition coefficient (Wildman–Crippen LogP) is 1.31. The van der Waals surface area contributed by atoms with Gasteiger partial charge in [0.2, 0.25) is 0 Å². The van der Waals surface area contributed by atoms with Crippen LogP contribution in [0.25, 0.3) is 0 Å². The predicted molar refractivity (Wildman–Crippen MR) is 72.0 cm³/mol. The van der Waals surface area contributed by atoms with Gasteiger partial charge in [-0.15, -0.1) is 0 Å². The Morgan fingerprint density at radius 3 is 2.89 bits per heavy atom. The fourth-order valence-electron chi connectivity index (χ4n) is 1.29. The summed E-state index contributed by atoms with van der Waals surface area (Å²) >= 11 is 0. The maximum atomic E-state index is 12.1. The summed E-state index contributed by atoms with van der Waals surface area (Å²) < 4.78 is 0. The van der Waals surface area contributed by atoms with Crippen molar-refractivity contribution in [3.8, 4) is 11.8 Å². The molecule has 1 heterocycles. The number of hydrogen-bond donors (Lipinski definition) is 2. The van der Waals surface area contributed by atoms with E-state index in [0.717, 1.165) is 6.42 Å². The molecule has 0 aliphatic rings. The van der Waals surface area contributed by atoms with Crippen LogP contribution in [-0.4, -0.2) is 23.0 Å². The fraction of sp³-hybridized carbons (Fsp3) is 0.429. The number of nitrogens with zero attached hydrogens (tertiary/aromatic N) is 1. The Labute approximate surface area is 108 Å². The molecular weight excluding hydrogens is 226 g/mol. The van der Waals surface area contributed by atoms with Gasteiger partial charge in [-0.05, 0) is 32.4 Å². The van der Waals surface area contributed by atoms with Gasteiger partial charge in [-0.25, -0.2) is 4.98 Å². The van der Waals surface area contributed by atoms with Crippen LogP contribution < -0.4 is 11.1 Å². The molecule has 0 aliphatic carbocycles. The van der Waals surface area contributed by atoms with Crippen molar-refractivity contribution in [2.75, 3.05) is 6.54 Å². The van der Waals surface area contributed by atoms with Crippen LogP contribution in [-0.2, 0) is 0 Å². The number of rotatable bonds is 3. The van der Waals surface area contributed by atoms with E-state index in [1.165, 1.54) is 0 Å². The van der Waals surface area contributed by atoms with Crippen molar-refractivity contribution in [1.82, 2.24) is 10.3 Å². The molecule has 1 rings (SSSR count).